The van der Waals surface area contributed by atoms with E-state index in [1.807, 2.05) is 14.1 Å². The Labute approximate surface area is 159 Å². The largest absolute Gasteiger partial charge is 0.573 e. The lowest BCUT2D eigenvalue weighted by Crippen LogP contribution is -2.31. The molecular weight excluding hydrogens is 377 g/mol. The van der Waals surface area contributed by atoms with Gasteiger partial charge < -0.3 is 19.3 Å². The molecule has 0 bridgehead atoms. The summed E-state index contributed by atoms with van der Waals surface area (Å²) in [6.45, 7) is 0.728. The molecule has 1 aromatic heterocycles. The quantitative estimate of drug-likeness (QED) is 0.774. The number of likely N-dealkylation sites (tertiary alicyclic amines) is 1. The second-order valence-electron chi connectivity index (χ2n) is 6.47. The van der Waals surface area contributed by atoms with Crippen molar-refractivity contribution in [2.24, 2.45) is 0 Å². The van der Waals surface area contributed by atoms with Crippen molar-refractivity contribution in [2.45, 2.75) is 18.9 Å². The highest BCUT2D eigenvalue weighted by atomic mass is 19.4. The van der Waals surface area contributed by atoms with Crippen molar-refractivity contribution in [1.82, 2.24) is 14.9 Å². The number of carbonyl (C=O) groups is 1. The molecule has 1 aromatic carbocycles. The molecule has 2 heterocycles. The number of aromatic nitrogens is 2. The van der Waals surface area contributed by atoms with Crippen molar-refractivity contribution in [3.8, 4) is 11.6 Å². The number of anilines is 1. The molecule has 0 spiro atoms. The van der Waals surface area contributed by atoms with Crippen LogP contribution < -0.4 is 14.4 Å². The topological polar surface area (TPSA) is 67.8 Å². The van der Waals surface area contributed by atoms with Crippen molar-refractivity contribution < 1.29 is 27.4 Å². The van der Waals surface area contributed by atoms with E-state index in [4.69, 9.17) is 4.74 Å². The van der Waals surface area contributed by atoms with Gasteiger partial charge in [0.1, 0.15) is 11.9 Å². The standard InChI is InChI=1S/C18H19F3N4O3/c1-24(2)15-9-22-10-16(23-15)27-14-6-7-25(11-14)17(26)12-4-3-5-13(8-12)28-18(19,20)21/h3-5,8-10,14H,6-7,11H2,1-2H3. The van der Waals surface area contributed by atoms with Crippen molar-refractivity contribution in [2.75, 3.05) is 32.1 Å². The zero-order valence-electron chi connectivity index (χ0n) is 15.3. The number of hydrogen-bond acceptors (Lipinski definition) is 6. The molecule has 1 aliphatic rings. The monoisotopic (exact) mass is 396 g/mol. The summed E-state index contributed by atoms with van der Waals surface area (Å²) in [6, 6.07) is 5.03. The van der Waals surface area contributed by atoms with Gasteiger partial charge in [-0.05, 0) is 18.2 Å². The third-order valence-electron chi connectivity index (χ3n) is 4.09. The maximum Gasteiger partial charge on any atom is 0.573 e. The van der Waals surface area contributed by atoms with Gasteiger partial charge >= 0.3 is 6.36 Å². The molecule has 1 amide bonds. The number of ether oxygens (including phenoxy) is 2. The summed E-state index contributed by atoms with van der Waals surface area (Å²) in [4.78, 5) is 24.3. The van der Waals surface area contributed by atoms with Crippen LogP contribution in [0.3, 0.4) is 0 Å². The minimum atomic E-state index is -4.81. The molecule has 0 radical (unpaired) electrons. The van der Waals surface area contributed by atoms with Gasteiger partial charge in [-0.3, -0.25) is 9.78 Å². The van der Waals surface area contributed by atoms with Crippen LogP contribution in [0.15, 0.2) is 36.7 Å². The molecule has 150 valence electrons. The van der Waals surface area contributed by atoms with Gasteiger partial charge in [-0.1, -0.05) is 6.07 Å². The van der Waals surface area contributed by atoms with Gasteiger partial charge in [0.2, 0.25) is 5.88 Å². The second kappa shape index (κ2) is 7.91. The van der Waals surface area contributed by atoms with Gasteiger partial charge in [-0.25, -0.2) is 0 Å². The first-order chi connectivity index (χ1) is 13.2. The zero-order chi connectivity index (χ0) is 20.3. The molecule has 1 fully saturated rings. The molecule has 0 saturated carbocycles. The van der Waals surface area contributed by atoms with Gasteiger partial charge in [-0.2, -0.15) is 4.98 Å². The van der Waals surface area contributed by atoms with Crippen LogP contribution in [0.1, 0.15) is 16.8 Å². The highest BCUT2D eigenvalue weighted by Gasteiger charge is 2.32. The van der Waals surface area contributed by atoms with Crippen LogP contribution >= 0.6 is 0 Å². The lowest BCUT2D eigenvalue weighted by atomic mass is 10.2. The van der Waals surface area contributed by atoms with E-state index in [1.165, 1.54) is 23.2 Å². The number of halogens is 3. The van der Waals surface area contributed by atoms with E-state index in [9.17, 15) is 18.0 Å². The van der Waals surface area contributed by atoms with Crippen molar-refractivity contribution in [1.29, 1.82) is 0 Å². The third-order valence-corrected chi connectivity index (χ3v) is 4.09. The average molecular weight is 396 g/mol. The van der Waals surface area contributed by atoms with Crippen LogP contribution in [0, 0.1) is 0 Å². The van der Waals surface area contributed by atoms with E-state index in [0.717, 1.165) is 12.1 Å². The summed E-state index contributed by atoms with van der Waals surface area (Å²) in [5.74, 6) is 0.184. The highest BCUT2D eigenvalue weighted by molar-refractivity contribution is 5.94. The Balaban J connectivity index is 1.63. The average Bonchev–Trinajstić information content (AvgIpc) is 3.08. The predicted octanol–water partition coefficient (Wildman–Crippen LogP) is 2.73. The van der Waals surface area contributed by atoms with Crippen molar-refractivity contribution in [3.63, 3.8) is 0 Å². The minimum Gasteiger partial charge on any atom is -0.471 e. The first-order valence-electron chi connectivity index (χ1n) is 8.52. The first-order valence-corrected chi connectivity index (χ1v) is 8.52. The molecular formula is C18H19F3N4O3. The van der Waals surface area contributed by atoms with Crippen LogP contribution in [0.4, 0.5) is 19.0 Å². The highest BCUT2D eigenvalue weighted by Crippen LogP contribution is 2.25. The van der Waals surface area contributed by atoms with Crippen LogP contribution in [0.2, 0.25) is 0 Å². The maximum atomic E-state index is 12.6. The number of rotatable bonds is 5. The Kier molecular flexibility index (Phi) is 5.57. The lowest BCUT2D eigenvalue weighted by molar-refractivity contribution is -0.274. The molecule has 2 aromatic rings. The third kappa shape index (κ3) is 5.02. The Morgan fingerprint density at radius 2 is 2.07 bits per heavy atom. The van der Waals surface area contributed by atoms with E-state index in [0.29, 0.717) is 31.2 Å². The van der Waals surface area contributed by atoms with E-state index in [1.54, 1.807) is 11.1 Å². The second-order valence-corrected chi connectivity index (χ2v) is 6.47. The van der Waals surface area contributed by atoms with E-state index >= 15 is 0 Å². The van der Waals surface area contributed by atoms with Gasteiger partial charge in [0.25, 0.3) is 5.91 Å². The summed E-state index contributed by atoms with van der Waals surface area (Å²) in [6.07, 6.45) is -1.40. The van der Waals surface area contributed by atoms with Crippen LogP contribution in [0.25, 0.3) is 0 Å². The number of nitrogens with zero attached hydrogens (tertiary/aromatic N) is 4. The molecule has 1 aliphatic heterocycles. The molecule has 0 N–H and O–H groups in total. The smallest absolute Gasteiger partial charge is 0.471 e. The first kappa shape index (κ1) is 19.7. The Bertz CT molecular complexity index is 845. The van der Waals surface area contributed by atoms with Crippen LogP contribution in [-0.4, -0.2) is 60.4 Å². The normalized spacial score (nSPS) is 16.8. The summed E-state index contributed by atoms with van der Waals surface area (Å²) < 4.78 is 46.8. The maximum absolute atomic E-state index is 12.6. The van der Waals surface area contributed by atoms with Crippen molar-refractivity contribution >= 4 is 11.7 Å². The summed E-state index contributed by atoms with van der Waals surface area (Å²) >= 11 is 0. The van der Waals surface area contributed by atoms with E-state index in [-0.39, 0.29) is 17.6 Å². The van der Waals surface area contributed by atoms with Gasteiger partial charge in [0.15, 0.2) is 5.82 Å². The SMILES string of the molecule is CN(C)c1cncc(OC2CCN(C(=O)c3cccc(OC(F)(F)F)c3)C2)n1. The number of amides is 1. The fourth-order valence-electron chi connectivity index (χ4n) is 2.80. The lowest BCUT2D eigenvalue weighted by Gasteiger charge is -2.18. The van der Waals surface area contributed by atoms with Crippen LogP contribution in [-0.2, 0) is 0 Å². The Hall–Kier alpha value is -3.04. The Morgan fingerprint density at radius 1 is 1.29 bits per heavy atom. The Morgan fingerprint density at radius 3 is 2.79 bits per heavy atom. The molecule has 1 saturated heterocycles. The molecule has 0 aliphatic carbocycles. The molecule has 28 heavy (non-hydrogen) atoms. The van der Waals surface area contributed by atoms with Crippen LogP contribution in [0.5, 0.6) is 11.6 Å². The molecule has 3 rings (SSSR count). The number of carbonyl (C=O) groups excluding carboxylic acids is 1. The molecule has 1 unspecified atom stereocenters. The van der Waals surface area contributed by atoms with Gasteiger partial charge in [-0.15, -0.1) is 13.2 Å². The summed E-state index contributed by atoms with van der Waals surface area (Å²) in [7, 11) is 3.67. The number of hydrogen-bond donors (Lipinski definition) is 0. The fourth-order valence-corrected chi connectivity index (χ4v) is 2.80. The summed E-state index contributed by atoms with van der Waals surface area (Å²) in [5, 5.41) is 0. The molecule has 10 heteroatoms. The fraction of sp³-hybridized carbons (Fsp3) is 0.389. The number of benzene rings is 1. The number of alkyl halides is 3. The van der Waals surface area contributed by atoms with Gasteiger partial charge in [0, 0.05) is 32.6 Å². The molecule has 1 atom stereocenters. The molecule has 7 nitrogen and oxygen atoms in total. The summed E-state index contributed by atoms with van der Waals surface area (Å²) in [5.41, 5.74) is 0.122. The predicted molar refractivity (Wildman–Crippen MR) is 94.4 cm³/mol. The van der Waals surface area contributed by atoms with E-state index in [2.05, 4.69) is 14.7 Å². The zero-order valence-corrected chi connectivity index (χ0v) is 15.3. The van der Waals surface area contributed by atoms with Crippen molar-refractivity contribution in [3.05, 3.63) is 42.2 Å². The minimum absolute atomic E-state index is 0.122. The van der Waals surface area contributed by atoms with Gasteiger partial charge in [0.05, 0.1) is 18.9 Å². The van der Waals surface area contributed by atoms with E-state index < -0.39 is 12.1 Å².